The van der Waals surface area contributed by atoms with Gasteiger partial charge in [0.25, 0.3) is 0 Å². The van der Waals surface area contributed by atoms with Crippen molar-refractivity contribution < 1.29 is 23.9 Å². The summed E-state index contributed by atoms with van der Waals surface area (Å²) in [4.78, 5) is 53.3. The number of nitrogens with one attached hydrogen (secondary N) is 2. The minimum Gasteiger partial charge on any atom is -0.444 e. The van der Waals surface area contributed by atoms with Gasteiger partial charge in [-0.05, 0) is 66.9 Å². The van der Waals surface area contributed by atoms with Gasteiger partial charge in [-0.1, -0.05) is 43.7 Å². The highest BCUT2D eigenvalue weighted by Crippen LogP contribution is 2.30. The van der Waals surface area contributed by atoms with Crippen LogP contribution >= 0.6 is 0 Å². The van der Waals surface area contributed by atoms with E-state index in [1.54, 1.807) is 45.0 Å². The average molecular weight is 505 g/mol. The number of hydrogen-bond donors (Lipinski definition) is 3. The number of hydrogen-bond acceptors (Lipinski definition) is 5. The molecule has 36 heavy (non-hydrogen) atoms. The lowest BCUT2D eigenvalue weighted by Gasteiger charge is -2.43. The van der Waals surface area contributed by atoms with Crippen LogP contribution in [0.5, 0.6) is 0 Å². The van der Waals surface area contributed by atoms with Crippen molar-refractivity contribution in [1.29, 1.82) is 0 Å². The van der Waals surface area contributed by atoms with Crippen molar-refractivity contribution in [3.05, 3.63) is 35.9 Å². The summed E-state index contributed by atoms with van der Waals surface area (Å²) in [5, 5.41) is 5.62. The van der Waals surface area contributed by atoms with Gasteiger partial charge in [0.2, 0.25) is 17.7 Å². The van der Waals surface area contributed by atoms with Crippen molar-refractivity contribution in [3.8, 4) is 0 Å². The second-order valence-electron chi connectivity index (χ2n) is 11.1. The van der Waals surface area contributed by atoms with E-state index < -0.39 is 41.1 Å². The maximum atomic E-state index is 14.1. The molecular formula is C27H44N4O5. The minimum atomic E-state index is -1.13. The van der Waals surface area contributed by atoms with E-state index >= 15 is 0 Å². The van der Waals surface area contributed by atoms with Crippen LogP contribution in [0.1, 0.15) is 92.7 Å². The molecule has 4 amide bonds. The molecule has 0 aliphatic heterocycles. The van der Waals surface area contributed by atoms with E-state index in [0.717, 1.165) is 12.8 Å². The number of primary amides is 1. The van der Waals surface area contributed by atoms with Crippen LogP contribution < -0.4 is 16.4 Å². The molecule has 9 heteroatoms. The molecule has 0 saturated carbocycles. The standard InChI is InChI=1S/C27H44N4O5/c1-9-13-18(2)29-23(33)22(19-14-11-10-12-15-19)31(26(3,4)5)24(34)20(16-17-21(28)32)30-25(35)36-27(6,7)8/h10-12,14-15,18,20,22H,9,13,16-17H2,1-8H3,(H2,28,32)(H,29,33)(H,30,35). The zero-order valence-electron chi connectivity index (χ0n) is 23.0. The van der Waals surface area contributed by atoms with Gasteiger partial charge in [0.05, 0.1) is 0 Å². The summed E-state index contributed by atoms with van der Waals surface area (Å²) in [6.07, 6.45) is 0.735. The minimum absolute atomic E-state index is 0.0324. The molecule has 3 unspecified atom stereocenters. The number of alkyl carbamates (subject to hydrolysis) is 1. The predicted octanol–water partition coefficient (Wildman–Crippen LogP) is 3.82. The fourth-order valence-electron chi connectivity index (χ4n) is 3.89. The third-order valence-electron chi connectivity index (χ3n) is 5.36. The third-order valence-corrected chi connectivity index (χ3v) is 5.36. The maximum absolute atomic E-state index is 14.1. The van der Waals surface area contributed by atoms with Gasteiger partial charge in [0.15, 0.2) is 0 Å². The molecule has 0 spiro atoms. The van der Waals surface area contributed by atoms with Crippen molar-refractivity contribution in [2.45, 2.75) is 110 Å². The second kappa shape index (κ2) is 13.3. The molecule has 0 heterocycles. The molecule has 202 valence electrons. The Morgan fingerprint density at radius 2 is 1.56 bits per heavy atom. The highest BCUT2D eigenvalue weighted by Gasteiger charge is 2.42. The number of carbonyl (C=O) groups excluding carboxylic acids is 4. The summed E-state index contributed by atoms with van der Waals surface area (Å²) >= 11 is 0. The van der Waals surface area contributed by atoms with Crippen LogP contribution in [0.25, 0.3) is 0 Å². The summed E-state index contributed by atoms with van der Waals surface area (Å²) in [5.74, 6) is -1.44. The normalized spacial score (nSPS) is 14.2. The van der Waals surface area contributed by atoms with Gasteiger partial charge < -0.3 is 26.0 Å². The Bertz CT molecular complexity index is 890. The van der Waals surface area contributed by atoms with Crippen molar-refractivity contribution >= 4 is 23.8 Å². The number of carbonyl (C=O) groups is 4. The van der Waals surface area contributed by atoms with E-state index in [4.69, 9.17) is 10.5 Å². The SMILES string of the molecule is CCCC(C)NC(=O)C(c1ccccc1)N(C(=O)C(CCC(N)=O)NC(=O)OC(C)(C)C)C(C)(C)C. The topological polar surface area (TPSA) is 131 Å². The molecule has 1 rings (SSSR count). The zero-order valence-corrected chi connectivity index (χ0v) is 23.0. The number of ether oxygens (including phenoxy) is 1. The van der Waals surface area contributed by atoms with Gasteiger partial charge in [0, 0.05) is 18.0 Å². The van der Waals surface area contributed by atoms with Gasteiger partial charge in [-0.3, -0.25) is 14.4 Å². The quantitative estimate of drug-likeness (QED) is 0.422. The van der Waals surface area contributed by atoms with Crippen molar-refractivity contribution in [2.24, 2.45) is 5.73 Å². The Labute approximate surface area is 215 Å². The van der Waals surface area contributed by atoms with Crippen LogP contribution in [-0.2, 0) is 19.1 Å². The predicted molar refractivity (Wildman–Crippen MR) is 140 cm³/mol. The van der Waals surface area contributed by atoms with Gasteiger partial charge in [-0.2, -0.15) is 0 Å². The summed E-state index contributed by atoms with van der Waals surface area (Å²) in [7, 11) is 0. The average Bonchev–Trinajstić information content (AvgIpc) is 2.72. The summed E-state index contributed by atoms with van der Waals surface area (Å²) in [5.41, 5.74) is 4.38. The molecule has 0 aliphatic carbocycles. The summed E-state index contributed by atoms with van der Waals surface area (Å²) in [6, 6.07) is 6.85. The first-order chi connectivity index (χ1) is 16.6. The van der Waals surface area contributed by atoms with E-state index in [-0.39, 0.29) is 24.8 Å². The van der Waals surface area contributed by atoms with Crippen LogP contribution in [0, 0.1) is 0 Å². The van der Waals surface area contributed by atoms with Crippen molar-refractivity contribution in [1.82, 2.24) is 15.5 Å². The Hall–Kier alpha value is -3.10. The lowest BCUT2D eigenvalue weighted by Crippen LogP contribution is -2.59. The van der Waals surface area contributed by atoms with E-state index in [1.807, 2.05) is 40.7 Å². The highest BCUT2D eigenvalue weighted by molar-refractivity contribution is 5.93. The van der Waals surface area contributed by atoms with Crippen LogP contribution in [0.2, 0.25) is 0 Å². The Balaban J connectivity index is 3.50. The number of nitrogens with two attached hydrogens (primary N) is 1. The van der Waals surface area contributed by atoms with Crippen LogP contribution in [-0.4, -0.2) is 51.9 Å². The van der Waals surface area contributed by atoms with E-state index in [0.29, 0.717) is 5.56 Å². The number of benzene rings is 1. The summed E-state index contributed by atoms with van der Waals surface area (Å²) in [6.45, 7) is 14.6. The Kier molecular flexibility index (Phi) is 11.4. The molecule has 1 aromatic rings. The van der Waals surface area contributed by atoms with Crippen LogP contribution in [0.15, 0.2) is 30.3 Å². The van der Waals surface area contributed by atoms with Gasteiger partial charge in [-0.25, -0.2) is 4.79 Å². The zero-order chi connectivity index (χ0) is 27.7. The fraction of sp³-hybridized carbons (Fsp3) is 0.630. The van der Waals surface area contributed by atoms with Gasteiger partial charge in [0.1, 0.15) is 17.7 Å². The number of rotatable bonds is 11. The number of nitrogens with zero attached hydrogens (tertiary/aromatic N) is 1. The third kappa shape index (κ3) is 10.3. The Morgan fingerprint density at radius 3 is 2.03 bits per heavy atom. The smallest absolute Gasteiger partial charge is 0.408 e. The molecule has 0 aliphatic rings. The molecule has 0 fully saturated rings. The van der Waals surface area contributed by atoms with Crippen LogP contribution in [0.4, 0.5) is 4.79 Å². The molecule has 1 aromatic carbocycles. The monoisotopic (exact) mass is 504 g/mol. The van der Waals surface area contributed by atoms with E-state index in [1.165, 1.54) is 4.90 Å². The number of amides is 4. The molecule has 0 aromatic heterocycles. The highest BCUT2D eigenvalue weighted by atomic mass is 16.6. The molecule has 9 nitrogen and oxygen atoms in total. The Morgan fingerprint density at radius 1 is 0.972 bits per heavy atom. The first-order valence-electron chi connectivity index (χ1n) is 12.5. The lowest BCUT2D eigenvalue weighted by molar-refractivity contribution is -0.149. The first-order valence-corrected chi connectivity index (χ1v) is 12.5. The molecule has 0 bridgehead atoms. The lowest BCUT2D eigenvalue weighted by atomic mass is 9.94. The van der Waals surface area contributed by atoms with Crippen molar-refractivity contribution in [3.63, 3.8) is 0 Å². The van der Waals surface area contributed by atoms with E-state index in [9.17, 15) is 19.2 Å². The summed E-state index contributed by atoms with van der Waals surface area (Å²) < 4.78 is 5.35. The van der Waals surface area contributed by atoms with E-state index in [2.05, 4.69) is 10.6 Å². The molecule has 0 saturated heterocycles. The maximum Gasteiger partial charge on any atom is 0.408 e. The molecular weight excluding hydrogens is 460 g/mol. The van der Waals surface area contributed by atoms with Crippen LogP contribution in [0.3, 0.4) is 0 Å². The first kappa shape index (κ1) is 30.9. The second-order valence-corrected chi connectivity index (χ2v) is 11.1. The van der Waals surface area contributed by atoms with Crippen molar-refractivity contribution in [2.75, 3.05) is 0 Å². The molecule has 3 atom stereocenters. The molecule has 0 radical (unpaired) electrons. The largest absolute Gasteiger partial charge is 0.444 e. The molecule has 4 N–H and O–H groups in total. The van der Waals surface area contributed by atoms with Gasteiger partial charge >= 0.3 is 6.09 Å². The van der Waals surface area contributed by atoms with Gasteiger partial charge in [-0.15, -0.1) is 0 Å². The fourth-order valence-corrected chi connectivity index (χ4v) is 3.89.